The van der Waals surface area contributed by atoms with Gasteiger partial charge in [0, 0.05) is 26.6 Å². The molecule has 0 atom stereocenters. The SMILES string of the molecule is Cn1c(C(F)(F)F)nc2c1CNCC2. The topological polar surface area (TPSA) is 29.9 Å². The van der Waals surface area contributed by atoms with Gasteiger partial charge in [-0.05, 0) is 0 Å². The van der Waals surface area contributed by atoms with Crippen LogP contribution in [0.1, 0.15) is 17.2 Å². The van der Waals surface area contributed by atoms with Crippen molar-refractivity contribution in [3.8, 4) is 0 Å². The van der Waals surface area contributed by atoms with Crippen LogP contribution in [0.3, 0.4) is 0 Å². The Kier molecular flexibility index (Phi) is 2.02. The molecule has 1 aliphatic heterocycles. The van der Waals surface area contributed by atoms with Crippen LogP contribution in [0.4, 0.5) is 13.2 Å². The van der Waals surface area contributed by atoms with Crippen LogP contribution in [0.15, 0.2) is 0 Å². The molecular weight excluding hydrogens is 195 g/mol. The van der Waals surface area contributed by atoms with Gasteiger partial charge in [-0.2, -0.15) is 13.2 Å². The summed E-state index contributed by atoms with van der Waals surface area (Å²) in [5.74, 6) is -0.800. The Hall–Kier alpha value is -1.04. The van der Waals surface area contributed by atoms with Gasteiger partial charge >= 0.3 is 6.18 Å². The molecule has 1 aromatic heterocycles. The summed E-state index contributed by atoms with van der Waals surface area (Å²) < 4.78 is 38.4. The molecule has 2 rings (SSSR count). The molecule has 0 aliphatic carbocycles. The molecule has 0 spiro atoms. The maximum Gasteiger partial charge on any atom is 0.449 e. The van der Waals surface area contributed by atoms with Gasteiger partial charge in [0.2, 0.25) is 5.82 Å². The minimum Gasteiger partial charge on any atom is -0.326 e. The van der Waals surface area contributed by atoms with Gasteiger partial charge in [0.1, 0.15) is 0 Å². The lowest BCUT2D eigenvalue weighted by molar-refractivity contribution is -0.146. The summed E-state index contributed by atoms with van der Waals surface area (Å²) >= 11 is 0. The normalized spacial score (nSPS) is 16.9. The molecule has 0 aromatic carbocycles. The summed E-state index contributed by atoms with van der Waals surface area (Å²) in [5, 5.41) is 3.02. The van der Waals surface area contributed by atoms with Gasteiger partial charge in [-0.25, -0.2) is 4.98 Å². The zero-order valence-corrected chi connectivity index (χ0v) is 7.65. The van der Waals surface area contributed by atoms with Crippen LogP contribution >= 0.6 is 0 Å². The van der Waals surface area contributed by atoms with Crippen LogP contribution in [0, 0.1) is 0 Å². The Labute approximate surface area is 78.9 Å². The number of fused-ring (bicyclic) bond motifs is 1. The molecule has 14 heavy (non-hydrogen) atoms. The molecule has 0 fully saturated rings. The highest BCUT2D eigenvalue weighted by Crippen LogP contribution is 2.30. The van der Waals surface area contributed by atoms with E-state index in [4.69, 9.17) is 0 Å². The van der Waals surface area contributed by atoms with E-state index < -0.39 is 12.0 Å². The number of alkyl halides is 3. The van der Waals surface area contributed by atoms with Crippen LogP contribution < -0.4 is 5.32 Å². The number of hydrogen-bond acceptors (Lipinski definition) is 2. The van der Waals surface area contributed by atoms with Gasteiger partial charge in [0.15, 0.2) is 0 Å². The van der Waals surface area contributed by atoms with E-state index in [0.29, 0.717) is 30.9 Å². The van der Waals surface area contributed by atoms with E-state index >= 15 is 0 Å². The second-order valence-corrected chi connectivity index (χ2v) is 3.31. The maximum atomic E-state index is 12.4. The Morgan fingerprint density at radius 1 is 1.43 bits per heavy atom. The average molecular weight is 205 g/mol. The molecular formula is C8H10F3N3. The molecule has 0 bridgehead atoms. The number of nitrogens with one attached hydrogen (secondary N) is 1. The summed E-state index contributed by atoms with van der Waals surface area (Å²) in [4.78, 5) is 3.62. The summed E-state index contributed by atoms with van der Waals surface area (Å²) in [6.45, 7) is 1.16. The van der Waals surface area contributed by atoms with Crippen molar-refractivity contribution in [1.29, 1.82) is 0 Å². The molecule has 1 aliphatic rings. The molecule has 3 nitrogen and oxygen atoms in total. The number of imidazole rings is 1. The monoisotopic (exact) mass is 205 g/mol. The van der Waals surface area contributed by atoms with Crippen molar-refractivity contribution in [2.24, 2.45) is 7.05 Å². The predicted octanol–water partition coefficient (Wildman–Crippen LogP) is 1.08. The van der Waals surface area contributed by atoms with E-state index in [0.717, 1.165) is 4.57 Å². The van der Waals surface area contributed by atoms with E-state index in [9.17, 15) is 13.2 Å². The van der Waals surface area contributed by atoms with Crippen LogP contribution in [-0.2, 0) is 26.2 Å². The molecule has 6 heteroatoms. The highest BCUT2D eigenvalue weighted by molar-refractivity contribution is 5.20. The lowest BCUT2D eigenvalue weighted by Crippen LogP contribution is -2.25. The van der Waals surface area contributed by atoms with Crippen LogP contribution in [-0.4, -0.2) is 16.1 Å². The predicted molar refractivity (Wildman–Crippen MR) is 43.6 cm³/mol. The molecule has 1 N–H and O–H groups in total. The number of nitrogens with zero attached hydrogens (tertiary/aromatic N) is 2. The number of aromatic nitrogens is 2. The summed E-state index contributed by atoms with van der Waals surface area (Å²) in [6.07, 6.45) is -3.79. The molecule has 0 unspecified atom stereocenters. The van der Waals surface area contributed by atoms with E-state index in [1.165, 1.54) is 7.05 Å². The fourth-order valence-corrected chi connectivity index (χ4v) is 1.68. The Morgan fingerprint density at radius 2 is 2.14 bits per heavy atom. The van der Waals surface area contributed by atoms with Crippen molar-refractivity contribution in [1.82, 2.24) is 14.9 Å². The summed E-state index contributed by atoms with van der Waals surface area (Å²) in [7, 11) is 1.40. The van der Waals surface area contributed by atoms with Gasteiger partial charge in [0.25, 0.3) is 0 Å². The molecule has 2 heterocycles. The first kappa shape index (κ1) is 9.51. The van der Waals surface area contributed by atoms with Gasteiger partial charge in [-0.1, -0.05) is 0 Å². The lowest BCUT2D eigenvalue weighted by Gasteiger charge is -2.13. The molecule has 78 valence electrons. The third-order valence-corrected chi connectivity index (χ3v) is 2.38. The molecule has 0 amide bonds. The van der Waals surface area contributed by atoms with Crippen molar-refractivity contribution < 1.29 is 13.2 Å². The van der Waals surface area contributed by atoms with E-state index in [1.54, 1.807) is 0 Å². The number of halogens is 3. The van der Waals surface area contributed by atoms with Gasteiger partial charge in [-0.3, -0.25) is 0 Å². The van der Waals surface area contributed by atoms with Crippen LogP contribution in [0.25, 0.3) is 0 Å². The van der Waals surface area contributed by atoms with E-state index in [1.807, 2.05) is 0 Å². The standard InChI is InChI=1S/C8H10F3N3/c1-14-6-4-12-3-2-5(6)13-7(14)8(9,10)11/h12H,2-4H2,1H3. The van der Waals surface area contributed by atoms with Crippen molar-refractivity contribution in [2.75, 3.05) is 6.54 Å². The smallest absolute Gasteiger partial charge is 0.326 e. The Balaban J connectivity index is 2.49. The fourth-order valence-electron chi connectivity index (χ4n) is 1.68. The first-order valence-corrected chi connectivity index (χ1v) is 4.32. The Morgan fingerprint density at radius 3 is 2.71 bits per heavy atom. The molecule has 0 saturated carbocycles. The van der Waals surface area contributed by atoms with Crippen LogP contribution in [0.5, 0.6) is 0 Å². The second kappa shape index (κ2) is 2.98. The molecule has 0 radical (unpaired) electrons. The van der Waals surface area contributed by atoms with Gasteiger partial charge < -0.3 is 9.88 Å². The first-order valence-electron chi connectivity index (χ1n) is 4.32. The van der Waals surface area contributed by atoms with Crippen molar-refractivity contribution in [2.45, 2.75) is 19.1 Å². The zero-order chi connectivity index (χ0) is 10.3. The lowest BCUT2D eigenvalue weighted by atomic mass is 10.2. The van der Waals surface area contributed by atoms with E-state index in [2.05, 4.69) is 10.3 Å². The first-order chi connectivity index (χ1) is 6.50. The van der Waals surface area contributed by atoms with Gasteiger partial charge in [0.05, 0.1) is 11.4 Å². The van der Waals surface area contributed by atoms with E-state index in [-0.39, 0.29) is 0 Å². The summed E-state index contributed by atoms with van der Waals surface area (Å²) in [6, 6.07) is 0. The number of hydrogen-bond donors (Lipinski definition) is 1. The van der Waals surface area contributed by atoms with Gasteiger partial charge in [-0.15, -0.1) is 0 Å². The minimum atomic E-state index is -4.36. The summed E-state index contributed by atoms with van der Waals surface area (Å²) in [5.41, 5.74) is 1.21. The average Bonchev–Trinajstić information content (AvgIpc) is 2.44. The fraction of sp³-hybridized carbons (Fsp3) is 0.625. The minimum absolute atomic E-state index is 0.467. The zero-order valence-electron chi connectivity index (χ0n) is 7.65. The maximum absolute atomic E-state index is 12.4. The third-order valence-electron chi connectivity index (χ3n) is 2.38. The number of rotatable bonds is 0. The Bertz CT molecular complexity index is 353. The molecule has 0 saturated heterocycles. The van der Waals surface area contributed by atoms with Crippen LogP contribution in [0.2, 0.25) is 0 Å². The largest absolute Gasteiger partial charge is 0.449 e. The highest BCUT2D eigenvalue weighted by atomic mass is 19.4. The third kappa shape index (κ3) is 1.39. The quantitative estimate of drug-likeness (QED) is 0.687. The van der Waals surface area contributed by atoms with Crippen molar-refractivity contribution in [3.05, 3.63) is 17.2 Å². The highest BCUT2D eigenvalue weighted by Gasteiger charge is 2.38. The molecule has 1 aromatic rings. The van der Waals surface area contributed by atoms with Crippen molar-refractivity contribution in [3.63, 3.8) is 0 Å². The second-order valence-electron chi connectivity index (χ2n) is 3.31. The van der Waals surface area contributed by atoms with Crippen molar-refractivity contribution >= 4 is 0 Å².